The van der Waals surface area contributed by atoms with Gasteiger partial charge in [-0.25, -0.2) is 22.8 Å². The molecular weight excluding hydrogens is 1040 g/mol. The Morgan fingerprint density at radius 3 is 1.73 bits per heavy atom. The molecule has 3 heterocycles. The number of nitrogens with zero attached hydrogens (tertiary/aromatic N) is 5. The van der Waals surface area contributed by atoms with Gasteiger partial charge in [-0.1, -0.05) is 78.9 Å². The van der Waals surface area contributed by atoms with Crippen LogP contribution in [0.15, 0.2) is 150 Å². The molecule has 6 aromatic carbocycles. The van der Waals surface area contributed by atoms with Gasteiger partial charge >= 0.3 is 12.2 Å². The summed E-state index contributed by atoms with van der Waals surface area (Å²) in [5.41, 5.74) is -0.727. The Morgan fingerprint density at radius 1 is 0.679 bits per heavy atom. The molecule has 0 saturated heterocycles. The van der Waals surface area contributed by atoms with Crippen LogP contribution >= 0.6 is 0 Å². The molecule has 0 spiro atoms. The molecule has 81 heavy (non-hydrogen) atoms. The van der Waals surface area contributed by atoms with Gasteiger partial charge in [-0.3, -0.25) is 9.59 Å². The Balaban J connectivity index is 0.000000224. The van der Waals surface area contributed by atoms with Crippen molar-refractivity contribution < 1.29 is 55.7 Å². The summed E-state index contributed by atoms with van der Waals surface area (Å²) in [6, 6.07) is 42.4. The van der Waals surface area contributed by atoms with E-state index in [0.29, 0.717) is 36.2 Å². The fourth-order valence-corrected chi connectivity index (χ4v) is 8.76. The number of ketones is 1. The summed E-state index contributed by atoms with van der Waals surface area (Å²) in [6.45, 7) is 13.9. The highest BCUT2D eigenvalue weighted by atomic mass is 19.3. The maximum atomic E-state index is 15.9. The second-order valence-corrected chi connectivity index (χ2v) is 22.0. The van der Waals surface area contributed by atoms with E-state index in [2.05, 4.69) is 25.7 Å². The van der Waals surface area contributed by atoms with Crippen LogP contribution in [0.1, 0.15) is 90.0 Å². The summed E-state index contributed by atoms with van der Waals surface area (Å²) in [4.78, 5) is 55.2. The Morgan fingerprint density at radius 2 is 1.19 bits per heavy atom. The zero-order valence-corrected chi connectivity index (χ0v) is 46.1. The Bertz CT molecular complexity index is 3410. The molecule has 2 aliphatic heterocycles. The number of nitriles is 1. The van der Waals surface area contributed by atoms with E-state index in [-0.39, 0.29) is 41.8 Å². The number of hydrogen-bond donors (Lipinski definition) is 2. The maximum absolute atomic E-state index is 15.9. The number of hydrogen-bond acceptors (Lipinski definition) is 13. The van der Waals surface area contributed by atoms with Crippen molar-refractivity contribution in [1.82, 2.24) is 20.8 Å². The molecule has 0 bridgehead atoms. The van der Waals surface area contributed by atoms with Gasteiger partial charge in [0.1, 0.15) is 57.5 Å². The number of nitrogens with one attached hydrogen (secondary N) is 2. The van der Waals surface area contributed by atoms with E-state index >= 15 is 13.2 Å². The summed E-state index contributed by atoms with van der Waals surface area (Å²) >= 11 is 0. The average molecular weight is 1110 g/mol. The molecule has 0 aliphatic carbocycles. The second-order valence-electron chi connectivity index (χ2n) is 22.0. The minimum absolute atomic E-state index is 0.0348. The number of alkyl carbamates (subject to hydrolysis) is 2. The fourth-order valence-electron chi connectivity index (χ4n) is 8.76. The largest absolute Gasteiger partial charge is 0.457 e. The molecular formula is C62H62F3N7O9. The zero-order chi connectivity index (χ0) is 58.3. The molecule has 420 valence electrons. The van der Waals surface area contributed by atoms with Crippen LogP contribution in [-0.2, 0) is 49.9 Å². The van der Waals surface area contributed by atoms with Crippen LogP contribution in [-0.4, -0.2) is 63.9 Å². The van der Waals surface area contributed by atoms with Crippen molar-refractivity contribution in [2.75, 3.05) is 16.3 Å². The number of rotatable bonds is 12. The summed E-state index contributed by atoms with van der Waals surface area (Å²) in [6.07, 6.45) is -2.54. The maximum Gasteiger partial charge on any atom is 0.408 e. The van der Waals surface area contributed by atoms with Gasteiger partial charge in [0, 0.05) is 37.2 Å². The Labute approximate surface area is 467 Å². The number of anilines is 2. The first-order chi connectivity index (χ1) is 38.3. The normalized spacial score (nSPS) is 16.0. The van der Waals surface area contributed by atoms with Crippen LogP contribution in [0.25, 0.3) is 11.5 Å². The summed E-state index contributed by atoms with van der Waals surface area (Å²) < 4.78 is 75.3. The third-order valence-electron chi connectivity index (χ3n) is 12.7. The van der Waals surface area contributed by atoms with E-state index in [4.69, 9.17) is 23.4 Å². The third kappa shape index (κ3) is 15.1. The van der Waals surface area contributed by atoms with E-state index < -0.39 is 70.5 Å². The average Bonchev–Trinajstić information content (AvgIpc) is 3.99. The van der Waals surface area contributed by atoms with Gasteiger partial charge in [0.05, 0.1) is 23.9 Å². The first kappa shape index (κ1) is 58.0. The highest BCUT2D eigenvalue weighted by Gasteiger charge is 2.47. The van der Waals surface area contributed by atoms with E-state index in [1.54, 1.807) is 77.9 Å². The van der Waals surface area contributed by atoms with Crippen molar-refractivity contribution in [2.45, 2.75) is 116 Å². The van der Waals surface area contributed by atoms with Gasteiger partial charge in [0.15, 0.2) is 5.78 Å². The highest BCUT2D eigenvalue weighted by molar-refractivity contribution is 6.01. The van der Waals surface area contributed by atoms with E-state index in [9.17, 15) is 24.4 Å². The van der Waals surface area contributed by atoms with Crippen molar-refractivity contribution in [3.8, 4) is 40.5 Å². The van der Waals surface area contributed by atoms with Crippen LogP contribution in [0, 0.1) is 17.1 Å². The molecule has 1 unspecified atom stereocenters. The predicted octanol–water partition coefficient (Wildman–Crippen LogP) is 12.9. The number of carbonyl (C=O) groups is 4. The van der Waals surface area contributed by atoms with Crippen molar-refractivity contribution in [3.05, 3.63) is 180 Å². The molecule has 0 fully saturated rings. The second kappa shape index (κ2) is 24.0. The number of halogens is 3. The number of benzene rings is 6. The smallest absolute Gasteiger partial charge is 0.408 e. The van der Waals surface area contributed by atoms with Gasteiger partial charge in [-0.15, -0.1) is 10.2 Å². The topological polar surface area (TPSA) is 198 Å². The molecule has 2 aliphatic rings. The van der Waals surface area contributed by atoms with Gasteiger partial charge in [0.2, 0.25) is 11.8 Å². The number of fused-ring (bicyclic) bond motifs is 2. The van der Waals surface area contributed by atoms with Crippen molar-refractivity contribution >= 4 is 35.3 Å². The van der Waals surface area contributed by atoms with E-state index in [1.165, 1.54) is 13.8 Å². The number of ether oxygens (including phenoxy) is 4. The minimum atomic E-state index is -3.77. The summed E-state index contributed by atoms with van der Waals surface area (Å²) in [7, 11) is 0. The first-order valence-corrected chi connectivity index (χ1v) is 26.1. The molecule has 9 rings (SSSR count). The number of aromatic nitrogens is 2. The molecule has 2 atom stereocenters. The summed E-state index contributed by atoms with van der Waals surface area (Å²) in [5, 5.41) is 22.2. The first-order valence-electron chi connectivity index (χ1n) is 26.1. The molecule has 3 amide bonds. The van der Waals surface area contributed by atoms with Gasteiger partial charge < -0.3 is 43.8 Å². The predicted molar refractivity (Wildman–Crippen MR) is 296 cm³/mol. The monoisotopic (exact) mass is 1110 g/mol. The fraction of sp³-hybridized carbons (Fsp3) is 0.306. The van der Waals surface area contributed by atoms with Crippen LogP contribution in [0.2, 0.25) is 0 Å². The van der Waals surface area contributed by atoms with Crippen molar-refractivity contribution in [1.29, 1.82) is 5.26 Å². The summed E-state index contributed by atoms with van der Waals surface area (Å²) in [5.74, 6) is -3.63. The molecule has 19 heteroatoms. The van der Waals surface area contributed by atoms with Crippen LogP contribution in [0.4, 0.5) is 34.1 Å². The molecule has 2 N–H and O–H groups in total. The zero-order valence-electron chi connectivity index (χ0n) is 46.1. The molecule has 0 radical (unpaired) electrons. The number of carbonyl (C=O) groups excluding carboxylic acids is 4. The quantitative estimate of drug-likeness (QED) is 0.117. The lowest BCUT2D eigenvalue weighted by atomic mass is 9.96. The van der Waals surface area contributed by atoms with Crippen LogP contribution in [0.3, 0.4) is 0 Å². The van der Waals surface area contributed by atoms with Crippen LogP contribution < -0.4 is 29.9 Å². The lowest BCUT2D eigenvalue weighted by Crippen LogP contribution is -2.49. The Hall–Kier alpha value is -9.18. The number of amides is 3. The van der Waals surface area contributed by atoms with Gasteiger partial charge in [-0.05, 0) is 139 Å². The number of alkyl halides is 2. The van der Waals surface area contributed by atoms with Crippen molar-refractivity contribution in [2.24, 2.45) is 0 Å². The molecule has 16 nitrogen and oxygen atoms in total. The molecule has 1 aromatic heterocycles. The number of para-hydroxylation sites is 3. The van der Waals surface area contributed by atoms with Gasteiger partial charge in [-0.2, -0.15) is 5.26 Å². The SMILES string of the molecule is CC(C)(C)OC(=O)NC1CN(Cc2ccc(Oc3ccccc3)cc2)c2ccccc2CC1=O.CC(C)(C)OC(=O)N[C@@H]1CC(F)(F)c2cc(F)c(-c3nnc(C(C)(C)C#N)o3)cc2N(Cc2ccc(Oc3ccccc3)cc2)C1=O. The van der Waals surface area contributed by atoms with Crippen molar-refractivity contribution in [3.63, 3.8) is 0 Å². The standard InChI is InChI=1S/C34H32F3N5O5.C28H30N2O4/c1-32(2,3)47-31(44)39-26-17-34(36,37)24-16-25(35)23(28-40-41-30(46-28)33(4,5)19-38)15-27(24)42(29(26)43)18-20-11-13-22(14-12-20)45-21-9-7-6-8-10-21;1-28(2,3)34-27(32)29-24-19-30(25-12-8-7-9-21(25)17-26(24)31)18-20-13-15-23(16-14-20)33-22-10-5-4-6-11-22/h6-16,26H,17-18H2,1-5H3,(H,39,44);4-16,24H,17-19H2,1-3H3,(H,29,32)/t26-;/m1./s1. The van der Waals surface area contributed by atoms with Gasteiger partial charge in [0.25, 0.3) is 11.8 Å². The van der Waals surface area contributed by atoms with E-state index in [0.717, 1.165) is 39.3 Å². The third-order valence-corrected chi connectivity index (χ3v) is 12.7. The lowest BCUT2D eigenvalue weighted by Gasteiger charge is -2.28. The minimum Gasteiger partial charge on any atom is -0.457 e. The van der Waals surface area contributed by atoms with E-state index in [1.807, 2.05) is 103 Å². The molecule has 0 saturated carbocycles. The highest BCUT2D eigenvalue weighted by Crippen LogP contribution is 2.45. The lowest BCUT2D eigenvalue weighted by molar-refractivity contribution is -0.123. The van der Waals surface area contributed by atoms with Crippen LogP contribution in [0.5, 0.6) is 23.0 Å². The Kier molecular flexibility index (Phi) is 17.2. The molecule has 7 aromatic rings. The number of Topliss-reactive ketones (excluding diaryl/α,β-unsaturated/α-hetero) is 1.